The number of rotatable bonds is 6. The summed E-state index contributed by atoms with van der Waals surface area (Å²) in [6.07, 6.45) is 1.07. The topological polar surface area (TPSA) is 15.3 Å². The van der Waals surface area contributed by atoms with Crippen LogP contribution in [0.5, 0.6) is 0 Å². The molecule has 1 aromatic heterocycles. The second kappa shape index (κ2) is 7.11. The first-order valence-corrected chi connectivity index (χ1v) is 8.06. The van der Waals surface area contributed by atoms with Crippen LogP contribution in [0, 0.1) is 0 Å². The molecule has 0 aliphatic rings. The fourth-order valence-corrected chi connectivity index (χ4v) is 3.35. The number of halogens is 1. The van der Waals surface area contributed by atoms with Gasteiger partial charge in [-0.3, -0.25) is 0 Å². The third-order valence-corrected chi connectivity index (χ3v) is 4.66. The van der Waals surface area contributed by atoms with Gasteiger partial charge in [0.25, 0.3) is 0 Å². The highest BCUT2D eigenvalue weighted by Gasteiger charge is 2.14. The first-order chi connectivity index (χ1) is 9.61. The average molecular weight is 309 g/mol. The molecule has 0 saturated heterocycles. The van der Waals surface area contributed by atoms with Crippen molar-refractivity contribution >= 4 is 28.6 Å². The lowest BCUT2D eigenvalue weighted by Crippen LogP contribution is -2.31. The maximum atomic E-state index is 6.11. The zero-order valence-corrected chi connectivity index (χ0v) is 13.8. The van der Waals surface area contributed by atoms with Gasteiger partial charge in [-0.25, -0.2) is 0 Å². The quantitative estimate of drug-likeness (QED) is 0.861. The van der Waals surface area contributed by atoms with Crippen LogP contribution in [0.15, 0.2) is 35.7 Å². The molecule has 2 nitrogen and oxygen atoms in total. The number of hydrogen-bond acceptors (Lipinski definition) is 3. The van der Waals surface area contributed by atoms with Gasteiger partial charge in [-0.1, -0.05) is 17.7 Å². The molecule has 1 atom stereocenters. The third-order valence-electron chi connectivity index (χ3n) is 3.53. The molecule has 1 N–H and O–H groups in total. The minimum absolute atomic E-state index is 0.449. The molecule has 108 valence electrons. The number of thiophene rings is 1. The van der Waals surface area contributed by atoms with Gasteiger partial charge in [0.2, 0.25) is 0 Å². The van der Waals surface area contributed by atoms with E-state index in [9.17, 15) is 0 Å². The van der Waals surface area contributed by atoms with Gasteiger partial charge in [0, 0.05) is 41.6 Å². The molecule has 2 aromatic rings. The van der Waals surface area contributed by atoms with Crippen LogP contribution in [0.4, 0.5) is 5.69 Å². The van der Waals surface area contributed by atoms with Crippen LogP contribution in [-0.2, 0) is 13.0 Å². The summed E-state index contributed by atoms with van der Waals surface area (Å²) in [5, 5.41) is 6.13. The Morgan fingerprint density at radius 2 is 2.15 bits per heavy atom. The second-order valence-electron chi connectivity index (χ2n) is 5.05. The molecule has 1 heterocycles. The van der Waals surface area contributed by atoms with Gasteiger partial charge in [-0.05, 0) is 49.2 Å². The summed E-state index contributed by atoms with van der Waals surface area (Å²) in [5.41, 5.74) is 2.48. The van der Waals surface area contributed by atoms with Crippen LogP contribution in [-0.4, -0.2) is 20.1 Å². The van der Waals surface area contributed by atoms with Crippen LogP contribution in [0.2, 0.25) is 5.02 Å². The second-order valence-corrected chi connectivity index (χ2v) is 6.52. The van der Waals surface area contributed by atoms with Gasteiger partial charge in [-0.2, -0.15) is 0 Å². The Morgan fingerprint density at radius 3 is 2.80 bits per heavy atom. The van der Waals surface area contributed by atoms with E-state index in [2.05, 4.69) is 47.8 Å². The van der Waals surface area contributed by atoms with Crippen molar-refractivity contribution in [3.05, 3.63) is 51.2 Å². The standard InChI is InChI=1S/C16H21ClN2S/c1-12(9-15-5-4-8-20-15)19(3)16-7-6-14(17)10-13(16)11-18-2/h4-8,10,12,18H,9,11H2,1-3H3. The Kier molecular flexibility index (Phi) is 5.46. The minimum Gasteiger partial charge on any atom is -0.371 e. The Labute approximate surface area is 130 Å². The summed E-state index contributed by atoms with van der Waals surface area (Å²) in [7, 11) is 4.11. The smallest absolute Gasteiger partial charge is 0.0412 e. The fourth-order valence-electron chi connectivity index (χ4n) is 2.32. The summed E-state index contributed by atoms with van der Waals surface area (Å²) < 4.78 is 0. The lowest BCUT2D eigenvalue weighted by molar-refractivity contribution is 0.681. The summed E-state index contributed by atoms with van der Waals surface area (Å²) in [6, 6.07) is 10.9. The highest BCUT2D eigenvalue weighted by Crippen LogP contribution is 2.26. The van der Waals surface area contributed by atoms with Crippen molar-refractivity contribution in [3.63, 3.8) is 0 Å². The number of likely N-dealkylation sites (N-methyl/N-ethyl adjacent to an activating group) is 1. The predicted octanol–water partition coefficient (Wildman–Crippen LogP) is 4.19. The number of nitrogens with zero attached hydrogens (tertiary/aromatic N) is 1. The lowest BCUT2D eigenvalue weighted by Gasteiger charge is -2.29. The van der Waals surface area contributed by atoms with Gasteiger partial charge in [0.1, 0.15) is 0 Å². The van der Waals surface area contributed by atoms with E-state index in [0.717, 1.165) is 18.0 Å². The summed E-state index contributed by atoms with van der Waals surface area (Å²) >= 11 is 7.93. The van der Waals surface area contributed by atoms with E-state index in [1.165, 1.54) is 16.1 Å². The van der Waals surface area contributed by atoms with Gasteiger partial charge in [-0.15, -0.1) is 11.3 Å². The van der Waals surface area contributed by atoms with Crippen LogP contribution in [0.1, 0.15) is 17.4 Å². The van der Waals surface area contributed by atoms with Crippen molar-refractivity contribution < 1.29 is 0 Å². The monoisotopic (exact) mass is 308 g/mol. The molecule has 0 radical (unpaired) electrons. The van der Waals surface area contributed by atoms with E-state index in [-0.39, 0.29) is 0 Å². The molecule has 1 aromatic carbocycles. The Bertz CT molecular complexity index is 539. The largest absolute Gasteiger partial charge is 0.371 e. The molecule has 2 rings (SSSR count). The Balaban J connectivity index is 2.17. The summed E-state index contributed by atoms with van der Waals surface area (Å²) in [6.45, 7) is 3.09. The van der Waals surface area contributed by atoms with Gasteiger partial charge in [0.15, 0.2) is 0 Å². The number of benzene rings is 1. The van der Waals surface area contributed by atoms with Crippen LogP contribution in [0.3, 0.4) is 0 Å². The lowest BCUT2D eigenvalue weighted by atomic mass is 10.1. The number of hydrogen-bond donors (Lipinski definition) is 1. The molecule has 0 amide bonds. The molecule has 0 aliphatic heterocycles. The predicted molar refractivity (Wildman–Crippen MR) is 90.1 cm³/mol. The molecule has 0 bridgehead atoms. The maximum Gasteiger partial charge on any atom is 0.0412 e. The van der Waals surface area contributed by atoms with Crippen molar-refractivity contribution in [2.75, 3.05) is 19.0 Å². The Morgan fingerprint density at radius 1 is 1.35 bits per heavy atom. The van der Waals surface area contributed by atoms with Crippen molar-refractivity contribution in [2.24, 2.45) is 0 Å². The maximum absolute atomic E-state index is 6.11. The summed E-state index contributed by atoms with van der Waals surface area (Å²) in [5.74, 6) is 0. The molecule has 4 heteroatoms. The molecule has 1 unspecified atom stereocenters. The van der Waals surface area contributed by atoms with Gasteiger partial charge < -0.3 is 10.2 Å². The van der Waals surface area contributed by atoms with Crippen molar-refractivity contribution in [2.45, 2.75) is 25.9 Å². The van der Waals surface area contributed by atoms with E-state index < -0.39 is 0 Å². The van der Waals surface area contributed by atoms with E-state index in [1.807, 2.05) is 30.5 Å². The molecule has 20 heavy (non-hydrogen) atoms. The molecule has 0 spiro atoms. The normalized spacial score (nSPS) is 12.4. The fraction of sp³-hybridized carbons (Fsp3) is 0.375. The van der Waals surface area contributed by atoms with Crippen molar-refractivity contribution in [3.8, 4) is 0 Å². The molecule has 0 fully saturated rings. The van der Waals surface area contributed by atoms with Gasteiger partial charge >= 0.3 is 0 Å². The van der Waals surface area contributed by atoms with Crippen molar-refractivity contribution in [1.29, 1.82) is 0 Å². The number of anilines is 1. The van der Waals surface area contributed by atoms with E-state index in [1.54, 1.807) is 0 Å². The molecular formula is C16H21ClN2S. The molecular weight excluding hydrogens is 288 g/mol. The van der Waals surface area contributed by atoms with Crippen LogP contribution in [0.25, 0.3) is 0 Å². The van der Waals surface area contributed by atoms with E-state index in [4.69, 9.17) is 11.6 Å². The van der Waals surface area contributed by atoms with Crippen LogP contribution >= 0.6 is 22.9 Å². The third kappa shape index (κ3) is 3.75. The first kappa shape index (κ1) is 15.4. The molecule has 0 aliphatic carbocycles. The number of nitrogens with one attached hydrogen (secondary N) is 1. The Hall–Kier alpha value is -1.03. The zero-order chi connectivity index (χ0) is 14.5. The van der Waals surface area contributed by atoms with E-state index >= 15 is 0 Å². The minimum atomic E-state index is 0.449. The zero-order valence-electron chi connectivity index (χ0n) is 12.2. The summed E-state index contributed by atoms with van der Waals surface area (Å²) in [4.78, 5) is 3.76. The highest BCUT2D eigenvalue weighted by atomic mass is 35.5. The SMILES string of the molecule is CNCc1cc(Cl)ccc1N(C)C(C)Cc1cccs1. The average Bonchev–Trinajstić information content (AvgIpc) is 2.91. The van der Waals surface area contributed by atoms with Gasteiger partial charge in [0.05, 0.1) is 0 Å². The van der Waals surface area contributed by atoms with Crippen molar-refractivity contribution in [1.82, 2.24) is 5.32 Å². The first-order valence-electron chi connectivity index (χ1n) is 6.80. The van der Waals surface area contributed by atoms with Crippen LogP contribution < -0.4 is 10.2 Å². The van der Waals surface area contributed by atoms with E-state index in [0.29, 0.717) is 6.04 Å². The highest BCUT2D eigenvalue weighted by molar-refractivity contribution is 7.09. The molecule has 0 saturated carbocycles.